The Morgan fingerprint density at radius 1 is 0.453 bits per heavy atom. The van der Waals surface area contributed by atoms with Gasteiger partial charge in [-0.3, -0.25) is 57.1 Å². The second kappa shape index (κ2) is 36.3. The van der Waals surface area contributed by atoms with E-state index < -0.39 is 5.79 Å². The van der Waals surface area contributed by atoms with Crippen LogP contribution in [0.1, 0.15) is 154 Å². The lowest BCUT2D eigenvalue weighted by Crippen LogP contribution is -2.54. The summed E-state index contributed by atoms with van der Waals surface area (Å²) in [4.78, 5) is 95.9. The zero-order chi connectivity index (χ0) is 88.9. The molecule has 32 heteroatoms. The highest BCUT2D eigenvalue weighted by molar-refractivity contribution is 5.72. The van der Waals surface area contributed by atoms with E-state index in [1.165, 1.54) is 10.1 Å². The highest BCUT2D eigenvalue weighted by atomic mass is 16.7. The Balaban J connectivity index is 0.000000116. The third-order valence-corrected chi connectivity index (χ3v) is 25.5. The fourth-order valence-corrected chi connectivity index (χ4v) is 18.8. The fraction of sp³-hybridized carbons (Fsp3) is 0.406. The van der Waals surface area contributed by atoms with Crippen molar-refractivity contribution in [3.05, 3.63) is 257 Å². The van der Waals surface area contributed by atoms with E-state index in [0.717, 1.165) is 194 Å². The minimum Gasteiger partial charge on any atom is -0.395 e. The van der Waals surface area contributed by atoms with Crippen LogP contribution >= 0.6 is 0 Å². The van der Waals surface area contributed by atoms with Gasteiger partial charge in [0.1, 0.15) is 34.0 Å². The molecule has 4 N–H and O–H groups in total. The summed E-state index contributed by atoms with van der Waals surface area (Å²) < 4.78 is 25.7. The van der Waals surface area contributed by atoms with E-state index in [-0.39, 0.29) is 41.5 Å². The molecule has 0 saturated carbocycles. The van der Waals surface area contributed by atoms with Crippen molar-refractivity contribution in [3.8, 4) is 45.3 Å². The molecule has 0 aliphatic carbocycles. The van der Waals surface area contributed by atoms with Crippen LogP contribution in [0.5, 0.6) is 0 Å². The molecule has 662 valence electrons. The van der Waals surface area contributed by atoms with Gasteiger partial charge in [0, 0.05) is 110 Å². The van der Waals surface area contributed by atoms with E-state index in [1.54, 1.807) is 37.5 Å². The molecule has 0 radical (unpaired) electrons. The average Bonchev–Trinajstić information content (AvgIpc) is 1.37. The van der Waals surface area contributed by atoms with Gasteiger partial charge >= 0.3 is 0 Å². The van der Waals surface area contributed by atoms with Crippen LogP contribution in [-0.4, -0.2) is 219 Å². The first-order valence-corrected chi connectivity index (χ1v) is 44.7. The number of anilines is 1. The number of aliphatic hydroxyl groups is 2. The van der Waals surface area contributed by atoms with Crippen molar-refractivity contribution in [2.75, 3.05) is 83.7 Å². The summed E-state index contributed by atoms with van der Waals surface area (Å²) in [6.07, 6.45) is 25.1. The molecule has 2 atom stereocenters. The maximum atomic E-state index is 13.2. The van der Waals surface area contributed by atoms with Crippen molar-refractivity contribution < 1.29 is 19.7 Å². The van der Waals surface area contributed by atoms with Crippen LogP contribution in [0.4, 0.5) is 5.69 Å². The van der Waals surface area contributed by atoms with E-state index in [1.807, 2.05) is 189 Å². The number of pyridine rings is 4. The third-order valence-electron chi connectivity index (χ3n) is 25.5. The number of aryl methyl sites for hydroxylation is 7. The number of fused-ring (bicyclic) bond motifs is 8. The number of aromatic nitrogens is 19. The Bertz CT molecular complexity index is 7080. The minimum absolute atomic E-state index is 0.0390. The predicted octanol–water partition coefficient (Wildman–Crippen LogP) is 10.4. The SMILES string of the molecule is CCc1nc(C)cn2nc(-c3cc(=O)n4cc(C5CCN(C(CO)CO)CC5)ccc4n3)cc12.CCc1nc(C)cn2nc(-c3cc(=O)n4cc(C5CCN(C6COC(C)(C)OC6)CC5)ccc4n3)cc12.Cc1cn2cc(-c3cc(=O)n4cc(N5C[C@@H](C)N[C@@H](C)C5)ccc4n3)cc2c(C)n1.Cc1cn2cc(-c3cc(=O)n4nc(C5CCNCC5)ccc4n3)ccc2n1. The number of aliphatic hydroxyl groups excluding tert-OH is 2. The fourth-order valence-electron chi connectivity index (χ4n) is 18.8. The third kappa shape index (κ3) is 18.2. The van der Waals surface area contributed by atoms with Crippen molar-refractivity contribution >= 4 is 50.5 Å². The van der Waals surface area contributed by atoms with E-state index in [2.05, 4.69) is 105 Å². The lowest BCUT2D eigenvalue weighted by Gasteiger charge is -2.42. The number of likely N-dealkylation sites (tertiary alicyclic amines) is 2. The van der Waals surface area contributed by atoms with Gasteiger partial charge in [0.2, 0.25) is 0 Å². The highest BCUT2D eigenvalue weighted by Crippen LogP contribution is 2.35. The zero-order valence-electron chi connectivity index (χ0n) is 74.4. The minimum atomic E-state index is -0.485. The van der Waals surface area contributed by atoms with Crippen LogP contribution in [0.15, 0.2) is 178 Å². The highest BCUT2D eigenvalue weighted by Gasteiger charge is 2.35. The van der Waals surface area contributed by atoms with Crippen LogP contribution < -0.4 is 37.8 Å². The number of piperazine rings is 1. The van der Waals surface area contributed by atoms with E-state index in [0.29, 0.717) is 106 Å². The topological polar surface area (TPSA) is 338 Å². The van der Waals surface area contributed by atoms with Crippen molar-refractivity contribution in [2.45, 2.75) is 175 Å². The molecule has 0 spiro atoms. The standard InChI is InChI=1S/C28H34N6O3.C25H30N6O3.C23H26N6O.C20H20N6O/c1-5-22-25-12-24(31-34(25)14-18(2)29-22)23-13-27(35)33-15-20(6-7-26(33)30-23)19-8-10-32(11-9-19)21-16-36-28(3,4)37-17-21;1-3-20-23-10-22(28-31(23)12-16(2)26-20)21-11-25(34)30-13-18(4-5-24(30)27-21)17-6-8-29(9-7-17)19(14-32)15-33;1-14-9-27(10-15(2)24-14)19-5-6-22-26-20(8-23(30)29(22)13-19)18-7-21-17(4)25-16(3)11-28(21)12-18;1-13-11-25-12-15(2-4-18(25)22-13)17-10-20(27)26-19(23-17)5-3-16(24-26)14-6-8-21-9-7-14/h6-7,12-15,19,21H,5,8-11,16-17H2,1-4H3;4-5,10-13,17,19,32-33H,3,6-9,14-15H2,1-2H3;5-8,11-15,24H,9-10H2,1-4H3;2-5,10-12,14,21H,6-9H2,1H3/t;;14-,15+;. The molecule has 0 unspecified atom stereocenters. The monoisotopic (exact) mass is 1730 g/mol. The number of nitrogens with one attached hydrogen (secondary N) is 2. The van der Waals surface area contributed by atoms with Gasteiger partial charge in [0.05, 0.1) is 141 Å². The summed E-state index contributed by atoms with van der Waals surface area (Å²) in [7, 11) is 0. The number of ether oxygens (including phenoxy) is 2. The molecule has 0 aromatic carbocycles. The van der Waals surface area contributed by atoms with Gasteiger partial charge in [-0.2, -0.15) is 19.8 Å². The molecule has 0 bridgehead atoms. The lowest BCUT2D eigenvalue weighted by molar-refractivity contribution is -0.264. The molecular formula is C96H110N24O8. The first kappa shape index (κ1) is 86.2. The summed E-state index contributed by atoms with van der Waals surface area (Å²) in [5.74, 6) is 0.651. The van der Waals surface area contributed by atoms with Gasteiger partial charge in [-0.1, -0.05) is 26.0 Å². The number of hydrogen-bond acceptors (Lipinski definition) is 24. The van der Waals surface area contributed by atoms with Gasteiger partial charge in [-0.15, -0.1) is 0 Å². The molecule has 21 heterocycles. The molecule has 5 fully saturated rings. The molecule has 128 heavy (non-hydrogen) atoms. The Labute approximate surface area is 738 Å². The molecule has 5 aliphatic heterocycles. The molecule has 21 rings (SSSR count). The average molecular weight is 1730 g/mol. The summed E-state index contributed by atoms with van der Waals surface area (Å²) in [6, 6.07) is 33.0. The maximum absolute atomic E-state index is 13.2. The smallest absolute Gasteiger partial charge is 0.275 e. The van der Waals surface area contributed by atoms with Crippen molar-refractivity contribution in [1.29, 1.82) is 0 Å². The van der Waals surface area contributed by atoms with Gasteiger partial charge in [0.15, 0.2) is 11.4 Å². The largest absolute Gasteiger partial charge is 0.395 e. The van der Waals surface area contributed by atoms with Gasteiger partial charge < -0.3 is 44.0 Å². The molecule has 5 saturated heterocycles. The first-order chi connectivity index (χ1) is 61.8. The van der Waals surface area contributed by atoms with Crippen molar-refractivity contribution in [3.63, 3.8) is 0 Å². The molecule has 32 nitrogen and oxygen atoms in total. The predicted molar refractivity (Wildman–Crippen MR) is 492 cm³/mol. The number of nitrogens with zero attached hydrogens (tertiary/aromatic N) is 22. The van der Waals surface area contributed by atoms with Crippen molar-refractivity contribution in [2.24, 2.45) is 0 Å². The Hall–Kier alpha value is -12.5. The second-order valence-electron chi connectivity index (χ2n) is 35.3. The molecule has 0 amide bonds. The van der Waals surface area contributed by atoms with Gasteiger partial charge in [-0.25, -0.2) is 34.0 Å². The van der Waals surface area contributed by atoms with Crippen LogP contribution in [0, 0.1) is 34.6 Å². The van der Waals surface area contributed by atoms with Crippen LogP contribution in [-0.2, 0) is 22.3 Å². The van der Waals surface area contributed by atoms with Crippen LogP contribution in [0.25, 0.3) is 90.1 Å². The first-order valence-electron chi connectivity index (χ1n) is 44.7. The summed E-state index contributed by atoms with van der Waals surface area (Å²) in [5.41, 5.74) is 22.3. The zero-order valence-corrected chi connectivity index (χ0v) is 74.4. The quantitative estimate of drug-likeness (QED) is 0.0786. The molecule has 5 aliphatic rings. The van der Waals surface area contributed by atoms with Gasteiger partial charge in [-0.05, 0) is 243 Å². The van der Waals surface area contributed by atoms with E-state index >= 15 is 0 Å². The van der Waals surface area contributed by atoms with Crippen LogP contribution in [0.3, 0.4) is 0 Å². The summed E-state index contributed by atoms with van der Waals surface area (Å²) in [5, 5.41) is 39.7. The molecular weight excluding hydrogens is 1620 g/mol. The Kier molecular flexibility index (Phi) is 24.5. The van der Waals surface area contributed by atoms with Crippen LogP contribution in [0.2, 0.25) is 0 Å². The Morgan fingerprint density at radius 2 is 0.945 bits per heavy atom. The number of hydrogen-bond donors (Lipinski definition) is 4. The van der Waals surface area contributed by atoms with Crippen molar-refractivity contribution in [1.82, 2.24) is 111 Å². The lowest BCUT2D eigenvalue weighted by atomic mass is 9.90. The number of imidazole rings is 1. The normalized spacial score (nSPS) is 17.8. The summed E-state index contributed by atoms with van der Waals surface area (Å²) >= 11 is 0. The number of piperidine rings is 3. The summed E-state index contributed by atoms with van der Waals surface area (Å²) in [6.45, 7) is 31.0. The van der Waals surface area contributed by atoms with Gasteiger partial charge in [0.25, 0.3) is 22.2 Å². The van der Waals surface area contributed by atoms with E-state index in [9.17, 15) is 29.4 Å². The maximum Gasteiger partial charge on any atom is 0.275 e. The van der Waals surface area contributed by atoms with E-state index in [4.69, 9.17) is 24.4 Å². The molecule has 16 aromatic rings. The second-order valence-corrected chi connectivity index (χ2v) is 35.3. The Morgan fingerprint density at radius 3 is 1.53 bits per heavy atom. The number of rotatable bonds is 14. The molecule has 16 aromatic heterocycles.